The minimum atomic E-state index is -1.70. The maximum absolute atomic E-state index is 11.8. The Morgan fingerprint density at radius 1 is 1.14 bits per heavy atom. The van der Waals surface area contributed by atoms with Crippen molar-refractivity contribution in [2.45, 2.75) is 46.6 Å². The van der Waals surface area contributed by atoms with Crippen LogP contribution in [0.5, 0.6) is 11.5 Å². The van der Waals surface area contributed by atoms with Gasteiger partial charge in [-0.05, 0) is 56.9 Å². The molecule has 1 atom stereocenters. The molecule has 1 amide bonds. The zero-order valence-corrected chi connectivity index (χ0v) is 14.0. The van der Waals surface area contributed by atoms with Gasteiger partial charge in [-0.2, -0.15) is 0 Å². The van der Waals surface area contributed by atoms with E-state index in [0.29, 0.717) is 34.2 Å². The van der Waals surface area contributed by atoms with Crippen LogP contribution in [0.15, 0.2) is 6.08 Å². The molecule has 0 aromatic heterocycles. The normalized spacial score (nSPS) is 14.6. The number of hydrogen-bond donors (Lipinski definition) is 4. The van der Waals surface area contributed by atoms with Crippen molar-refractivity contribution in [3.05, 3.63) is 28.3 Å². The van der Waals surface area contributed by atoms with E-state index < -0.39 is 11.5 Å². The van der Waals surface area contributed by atoms with Gasteiger partial charge >= 0.3 is 0 Å². The number of carbonyl (C=O) groups is 1. The van der Waals surface area contributed by atoms with Crippen molar-refractivity contribution in [1.82, 2.24) is 5.32 Å². The topological polar surface area (TPSA) is 89.8 Å². The predicted octanol–water partition coefficient (Wildman–Crippen LogP) is 2.31. The summed E-state index contributed by atoms with van der Waals surface area (Å²) in [6, 6.07) is 0. The van der Waals surface area contributed by atoms with Crippen molar-refractivity contribution in [2.24, 2.45) is 0 Å². The molecule has 5 heteroatoms. The van der Waals surface area contributed by atoms with Gasteiger partial charge in [0.05, 0.1) is 0 Å². The van der Waals surface area contributed by atoms with E-state index in [0.717, 1.165) is 0 Å². The molecular formula is C17H25NO4. The summed E-state index contributed by atoms with van der Waals surface area (Å²) in [4.78, 5) is 11.8. The van der Waals surface area contributed by atoms with Gasteiger partial charge < -0.3 is 20.6 Å². The molecule has 1 unspecified atom stereocenters. The average molecular weight is 307 g/mol. The number of phenolic OH excluding ortho intramolecular Hbond substituents is 2. The summed E-state index contributed by atoms with van der Waals surface area (Å²) in [6.45, 7) is 8.40. The summed E-state index contributed by atoms with van der Waals surface area (Å²) < 4.78 is 0. The number of likely N-dealkylation sites (N-methyl/N-ethyl adjacent to an activating group) is 1. The first-order valence-electron chi connectivity index (χ1n) is 7.26. The molecule has 122 valence electrons. The standard InChI is InChI=1S/C17H25NO4/c1-7-12(8-17(5,22)16(21)18-6)13-11(4)14(19)9(2)10(3)15(13)20/h8,19-20,22H,7H2,1-6H3,(H,18,21). The van der Waals surface area contributed by atoms with E-state index in [1.54, 1.807) is 20.8 Å². The van der Waals surface area contributed by atoms with Gasteiger partial charge in [0.15, 0.2) is 5.60 Å². The van der Waals surface area contributed by atoms with Crippen LogP contribution in [-0.4, -0.2) is 33.9 Å². The lowest BCUT2D eigenvalue weighted by atomic mass is 9.88. The number of benzene rings is 1. The minimum absolute atomic E-state index is 0.0635. The van der Waals surface area contributed by atoms with Crippen LogP contribution >= 0.6 is 0 Å². The molecule has 0 aliphatic rings. The fourth-order valence-corrected chi connectivity index (χ4v) is 2.52. The number of rotatable bonds is 4. The minimum Gasteiger partial charge on any atom is -0.507 e. The smallest absolute Gasteiger partial charge is 0.255 e. The second-order valence-corrected chi connectivity index (χ2v) is 5.70. The van der Waals surface area contributed by atoms with Crippen LogP contribution in [0, 0.1) is 20.8 Å². The van der Waals surface area contributed by atoms with Crippen molar-refractivity contribution in [1.29, 1.82) is 0 Å². The van der Waals surface area contributed by atoms with Gasteiger partial charge in [0.25, 0.3) is 5.91 Å². The Labute approximate surface area is 131 Å². The molecule has 1 rings (SSSR count). The molecule has 0 radical (unpaired) electrons. The summed E-state index contributed by atoms with van der Waals surface area (Å²) in [5, 5.41) is 33.3. The molecular weight excluding hydrogens is 282 g/mol. The Balaban J connectivity index is 3.61. The molecule has 0 aliphatic carbocycles. The predicted molar refractivity (Wildman–Crippen MR) is 86.9 cm³/mol. The Hall–Kier alpha value is -2.01. The first-order chi connectivity index (χ1) is 10.1. The number of amides is 1. The quantitative estimate of drug-likeness (QED) is 0.643. The zero-order chi connectivity index (χ0) is 17.2. The van der Waals surface area contributed by atoms with E-state index in [4.69, 9.17) is 0 Å². The van der Waals surface area contributed by atoms with E-state index in [1.165, 1.54) is 20.0 Å². The number of phenols is 2. The van der Waals surface area contributed by atoms with Gasteiger partial charge in [-0.3, -0.25) is 4.79 Å². The third-order valence-electron chi connectivity index (χ3n) is 4.08. The number of aromatic hydroxyl groups is 2. The molecule has 5 nitrogen and oxygen atoms in total. The highest BCUT2D eigenvalue weighted by atomic mass is 16.3. The third-order valence-corrected chi connectivity index (χ3v) is 4.08. The number of aliphatic hydroxyl groups is 1. The highest BCUT2D eigenvalue weighted by molar-refractivity contribution is 5.89. The molecule has 0 spiro atoms. The van der Waals surface area contributed by atoms with Crippen LogP contribution in [0.1, 0.15) is 42.5 Å². The summed E-state index contributed by atoms with van der Waals surface area (Å²) in [6.07, 6.45) is 1.91. The van der Waals surface area contributed by atoms with Gasteiger partial charge in [-0.25, -0.2) is 0 Å². The average Bonchev–Trinajstić information content (AvgIpc) is 2.48. The number of allylic oxidation sites excluding steroid dienone is 1. The van der Waals surface area contributed by atoms with Gasteiger partial charge in [0.2, 0.25) is 0 Å². The van der Waals surface area contributed by atoms with E-state index in [9.17, 15) is 20.1 Å². The molecule has 0 aliphatic heterocycles. The number of nitrogens with one attached hydrogen (secondary N) is 1. The van der Waals surface area contributed by atoms with Crippen molar-refractivity contribution in [3.63, 3.8) is 0 Å². The van der Waals surface area contributed by atoms with Gasteiger partial charge in [0.1, 0.15) is 11.5 Å². The second-order valence-electron chi connectivity index (χ2n) is 5.70. The van der Waals surface area contributed by atoms with Crippen molar-refractivity contribution in [3.8, 4) is 11.5 Å². The third kappa shape index (κ3) is 3.09. The van der Waals surface area contributed by atoms with Crippen LogP contribution < -0.4 is 5.32 Å². The molecule has 1 aromatic carbocycles. The van der Waals surface area contributed by atoms with Crippen LogP contribution in [0.2, 0.25) is 0 Å². The van der Waals surface area contributed by atoms with E-state index >= 15 is 0 Å². The van der Waals surface area contributed by atoms with Crippen molar-refractivity contribution >= 4 is 11.5 Å². The molecule has 0 bridgehead atoms. The van der Waals surface area contributed by atoms with Gasteiger partial charge in [-0.1, -0.05) is 6.92 Å². The van der Waals surface area contributed by atoms with Gasteiger partial charge in [-0.15, -0.1) is 0 Å². The molecule has 1 aromatic rings. The molecule has 0 saturated carbocycles. The van der Waals surface area contributed by atoms with Crippen LogP contribution in [0.3, 0.4) is 0 Å². The van der Waals surface area contributed by atoms with E-state index in [1.807, 2.05) is 6.92 Å². The maximum atomic E-state index is 11.8. The van der Waals surface area contributed by atoms with Crippen LogP contribution in [0.25, 0.3) is 5.57 Å². The van der Waals surface area contributed by atoms with Crippen molar-refractivity contribution < 1.29 is 20.1 Å². The molecule has 4 N–H and O–H groups in total. The Kier molecular flexibility index (Phi) is 5.25. The Morgan fingerprint density at radius 3 is 2.09 bits per heavy atom. The van der Waals surface area contributed by atoms with Crippen molar-refractivity contribution in [2.75, 3.05) is 7.05 Å². The van der Waals surface area contributed by atoms with Crippen LogP contribution in [-0.2, 0) is 4.79 Å². The lowest BCUT2D eigenvalue weighted by molar-refractivity contribution is -0.133. The monoisotopic (exact) mass is 307 g/mol. The first-order valence-corrected chi connectivity index (χ1v) is 7.26. The lowest BCUT2D eigenvalue weighted by Gasteiger charge is -2.22. The van der Waals surface area contributed by atoms with E-state index in [2.05, 4.69) is 5.32 Å². The van der Waals surface area contributed by atoms with E-state index in [-0.39, 0.29) is 11.5 Å². The maximum Gasteiger partial charge on any atom is 0.255 e. The molecule has 22 heavy (non-hydrogen) atoms. The van der Waals surface area contributed by atoms with Gasteiger partial charge in [0, 0.05) is 18.2 Å². The van der Waals surface area contributed by atoms with Crippen LogP contribution in [0.4, 0.5) is 0 Å². The lowest BCUT2D eigenvalue weighted by Crippen LogP contribution is -2.41. The molecule has 0 heterocycles. The fraction of sp³-hybridized carbons (Fsp3) is 0.471. The summed E-state index contributed by atoms with van der Waals surface area (Å²) >= 11 is 0. The molecule has 0 saturated heterocycles. The largest absolute Gasteiger partial charge is 0.507 e. The highest BCUT2D eigenvalue weighted by Gasteiger charge is 2.28. The summed E-state index contributed by atoms with van der Waals surface area (Å²) in [5.41, 5.74) is 1.09. The zero-order valence-electron chi connectivity index (χ0n) is 14.0. The SMILES string of the molecule is CCC(=CC(C)(O)C(=O)NC)c1c(C)c(O)c(C)c(C)c1O. The summed E-state index contributed by atoms with van der Waals surface area (Å²) in [7, 11) is 1.45. The number of carbonyl (C=O) groups excluding carboxylic acids is 1. The first kappa shape index (κ1) is 18.0. The highest BCUT2D eigenvalue weighted by Crippen LogP contribution is 2.41. The fourth-order valence-electron chi connectivity index (χ4n) is 2.52. The molecule has 0 fully saturated rings. The second kappa shape index (κ2) is 6.40. The Bertz CT molecular complexity index is 601. The number of hydrogen-bond acceptors (Lipinski definition) is 4. The Morgan fingerprint density at radius 2 is 1.64 bits per heavy atom. The summed E-state index contributed by atoms with van der Waals surface area (Å²) in [5.74, 6) is -0.360.